The van der Waals surface area contributed by atoms with Gasteiger partial charge in [0, 0.05) is 12.6 Å². The number of benzene rings is 1. The summed E-state index contributed by atoms with van der Waals surface area (Å²) in [5.74, 6) is 1.37. The highest BCUT2D eigenvalue weighted by molar-refractivity contribution is 5.55. The van der Waals surface area contributed by atoms with Gasteiger partial charge in [-0.25, -0.2) is 0 Å². The van der Waals surface area contributed by atoms with E-state index in [2.05, 4.69) is 11.8 Å². The van der Waals surface area contributed by atoms with Gasteiger partial charge in [0.2, 0.25) is 0 Å². The number of hydrogen-bond donors (Lipinski definition) is 1. The highest BCUT2D eigenvalue weighted by Crippen LogP contribution is 2.29. The van der Waals surface area contributed by atoms with Crippen LogP contribution in [0.2, 0.25) is 0 Å². The molecule has 134 valence electrons. The number of rotatable bonds is 8. The normalized spacial score (nSPS) is 20.2. The molecule has 4 nitrogen and oxygen atoms in total. The third-order valence-corrected chi connectivity index (χ3v) is 4.64. The first-order valence-electron chi connectivity index (χ1n) is 9.03. The molecular weight excluding hydrogens is 302 g/mol. The number of allylic oxidation sites excluding steroid dienone is 1. The van der Waals surface area contributed by atoms with Crippen molar-refractivity contribution in [2.75, 3.05) is 26.8 Å². The lowest BCUT2D eigenvalue weighted by molar-refractivity contribution is 0.0382. The zero-order valence-corrected chi connectivity index (χ0v) is 15.2. The Balaban J connectivity index is 1.90. The van der Waals surface area contributed by atoms with Gasteiger partial charge < -0.3 is 14.6 Å². The minimum Gasteiger partial charge on any atom is -0.493 e. The maximum Gasteiger partial charge on any atom is 0.161 e. The minimum absolute atomic E-state index is 0.284. The summed E-state index contributed by atoms with van der Waals surface area (Å²) in [4.78, 5) is 2.41. The third kappa shape index (κ3) is 5.25. The van der Waals surface area contributed by atoms with E-state index in [9.17, 15) is 5.11 Å². The van der Waals surface area contributed by atoms with E-state index < -0.39 is 6.10 Å². The predicted molar refractivity (Wildman–Crippen MR) is 98.7 cm³/mol. The van der Waals surface area contributed by atoms with E-state index in [1.807, 2.05) is 37.3 Å². The molecule has 4 heteroatoms. The summed E-state index contributed by atoms with van der Waals surface area (Å²) in [7, 11) is 1.64. The Morgan fingerprint density at radius 2 is 2.17 bits per heavy atom. The number of aliphatic hydroxyl groups is 1. The molecule has 0 amide bonds. The van der Waals surface area contributed by atoms with Crippen molar-refractivity contribution in [3.05, 3.63) is 29.8 Å². The first kappa shape index (κ1) is 18.8. The van der Waals surface area contributed by atoms with E-state index in [0.717, 1.165) is 18.5 Å². The number of piperidine rings is 1. The van der Waals surface area contributed by atoms with Crippen molar-refractivity contribution in [1.29, 1.82) is 0 Å². The van der Waals surface area contributed by atoms with Crippen LogP contribution in [0.4, 0.5) is 0 Å². The smallest absolute Gasteiger partial charge is 0.161 e. The lowest BCUT2D eigenvalue weighted by Gasteiger charge is -2.36. The summed E-state index contributed by atoms with van der Waals surface area (Å²) >= 11 is 0. The topological polar surface area (TPSA) is 41.9 Å². The Morgan fingerprint density at radius 1 is 1.33 bits per heavy atom. The molecule has 0 aliphatic carbocycles. The summed E-state index contributed by atoms with van der Waals surface area (Å²) in [5.41, 5.74) is 1.07. The van der Waals surface area contributed by atoms with Crippen LogP contribution in [0.5, 0.6) is 11.5 Å². The molecule has 0 unspecified atom stereocenters. The number of hydrogen-bond acceptors (Lipinski definition) is 4. The fourth-order valence-corrected chi connectivity index (χ4v) is 3.37. The van der Waals surface area contributed by atoms with E-state index in [4.69, 9.17) is 9.47 Å². The van der Waals surface area contributed by atoms with Crippen molar-refractivity contribution in [2.45, 2.75) is 51.7 Å². The number of ether oxygens (including phenoxy) is 2. The molecule has 1 fully saturated rings. The predicted octanol–water partition coefficient (Wildman–Crippen LogP) is 3.73. The Kier molecular flexibility index (Phi) is 7.60. The number of likely N-dealkylation sites (tertiary alicyclic amines) is 1. The monoisotopic (exact) mass is 333 g/mol. The van der Waals surface area contributed by atoms with E-state index in [-0.39, 0.29) is 6.61 Å². The third-order valence-electron chi connectivity index (χ3n) is 4.64. The van der Waals surface area contributed by atoms with Crippen molar-refractivity contribution >= 4 is 6.08 Å². The second-order valence-electron chi connectivity index (χ2n) is 6.43. The maximum absolute atomic E-state index is 10.4. The zero-order valence-electron chi connectivity index (χ0n) is 15.2. The van der Waals surface area contributed by atoms with Crippen molar-refractivity contribution < 1.29 is 14.6 Å². The summed E-state index contributed by atoms with van der Waals surface area (Å²) < 4.78 is 11.2. The molecule has 0 spiro atoms. The molecule has 1 aromatic rings. The molecule has 1 N–H and O–H groups in total. The average molecular weight is 333 g/mol. The Morgan fingerprint density at radius 3 is 2.88 bits per heavy atom. The van der Waals surface area contributed by atoms with Crippen molar-refractivity contribution in [2.24, 2.45) is 0 Å². The Labute approximate surface area is 146 Å². The number of methoxy groups -OCH3 is 1. The van der Waals surface area contributed by atoms with Gasteiger partial charge >= 0.3 is 0 Å². The van der Waals surface area contributed by atoms with E-state index in [0.29, 0.717) is 24.1 Å². The molecule has 0 saturated carbocycles. The second-order valence-corrected chi connectivity index (χ2v) is 6.43. The quantitative estimate of drug-likeness (QED) is 0.787. The molecule has 0 bridgehead atoms. The second kappa shape index (κ2) is 9.70. The van der Waals surface area contributed by atoms with Gasteiger partial charge in [0.15, 0.2) is 11.5 Å². The molecule has 24 heavy (non-hydrogen) atoms. The number of β-amino-alcohol motifs (C(OH)–C–C–N with tert-alkyl or cyclic N) is 1. The van der Waals surface area contributed by atoms with E-state index in [1.165, 1.54) is 19.3 Å². The van der Waals surface area contributed by atoms with Gasteiger partial charge in [-0.2, -0.15) is 0 Å². The number of nitrogens with zero attached hydrogens (tertiary/aromatic N) is 1. The molecule has 1 heterocycles. The SMILES string of the molecule is C/C=C/c1ccc(OC[C@@H](O)CN2CCCC[C@@H]2CC)c(OC)c1. The summed E-state index contributed by atoms with van der Waals surface area (Å²) in [6, 6.07) is 6.43. The van der Waals surface area contributed by atoms with Crippen LogP contribution in [0.1, 0.15) is 45.1 Å². The first-order valence-corrected chi connectivity index (χ1v) is 9.03. The van der Waals surface area contributed by atoms with Crippen molar-refractivity contribution in [3.8, 4) is 11.5 Å². The molecule has 0 aromatic heterocycles. The molecule has 1 aromatic carbocycles. The fourth-order valence-electron chi connectivity index (χ4n) is 3.37. The highest BCUT2D eigenvalue weighted by Gasteiger charge is 2.23. The van der Waals surface area contributed by atoms with Crippen LogP contribution < -0.4 is 9.47 Å². The fraction of sp³-hybridized carbons (Fsp3) is 0.600. The van der Waals surface area contributed by atoms with Gasteiger partial charge in [-0.1, -0.05) is 31.6 Å². The lowest BCUT2D eigenvalue weighted by atomic mass is 10.00. The summed E-state index contributed by atoms with van der Waals surface area (Å²) in [6.07, 6.45) is 8.43. The molecule has 0 radical (unpaired) electrons. The van der Waals surface area contributed by atoms with Gasteiger partial charge in [0.1, 0.15) is 12.7 Å². The van der Waals surface area contributed by atoms with Crippen LogP contribution in [-0.4, -0.2) is 49.0 Å². The Bertz CT molecular complexity index is 530. The molecule has 1 saturated heterocycles. The first-order chi connectivity index (χ1) is 11.7. The van der Waals surface area contributed by atoms with Crippen LogP contribution in [0.25, 0.3) is 6.08 Å². The van der Waals surface area contributed by atoms with E-state index >= 15 is 0 Å². The minimum atomic E-state index is -0.489. The van der Waals surface area contributed by atoms with Crippen LogP contribution in [-0.2, 0) is 0 Å². The van der Waals surface area contributed by atoms with Gasteiger partial charge in [-0.15, -0.1) is 0 Å². The largest absolute Gasteiger partial charge is 0.493 e. The van der Waals surface area contributed by atoms with E-state index in [1.54, 1.807) is 7.11 Å². The standard InChI is InChI=1S/C20H31NO3/c1-4-8-16-10-11-19(20(13-16)23-3)24-15-18(22)14-21-12-7-6-9-17(21)5-2/h4,8,10-11,13,17-18,22H,5-7,9,12,14-15H2,1-3H3/b8-4+/t17-,18-/m0/s1. The summed E-state index contributed by atoms with van der Waals surface area (Å²) in [5, 5.41) is 10.4. The summed E-state index contributed by atoms with van der Waals surface area (Å²) in [6.45, 7) is 6.25. The van der Waals surface area contributed by atoms with Crippen LogP contribution in [0.15, 0.2) is 24.3 Å². The molecule has 2 atom stereocenters. The molecule has 1 aliphatic heterocycles. The average Bonchev–Trinajstić information content (AvgIpc) is 2.61. The number of aliphatic hydroxyl groups excluding tert-OH is 1. The van der Waals surface area contributed by atoms with Gasteiger partial charge in [-0.3, -0.25) is 4.90 Å². The highest BCUT2D eigenvalue weighted by atomic mass is 16.5. The molecule has 1 aliphatic rings. The van der Waals surface area contributed by atoms with Gasteiger partial charge in [0.05, 0.1) is 7.11 Å². The molecular formula is C20H31NO3. The van der Waals surface area contributed by atoms with Crippen molar-refractivity contribution in [3.63, 3.8) is 0 Å². The maximum atomic E-state index is 10.4. The van der Waals surface area contributed by atoms with Crippen molar-refractivity contribution in [1.82, 2.24) is 4.90 Å². The van der Waals surface area contributed by atoms with Gasteiger partial charge in [-0.05, 0) is 50.4 Å². The van der Waals surface area contributed by atoms with Gasteiger partial charge in [0.25, 0.3) is 0 Å². The van der Waals surface area contributed by atoms with Crippen LogP contribution in [0, 0.1) is 0 Å². The Hall–Kier alpha value is -1.52. The van der Waals surface area contributed by atoms with Crippen LogP contribution in [0.3, 0.4) is 0 Å². The molecule has 2 rings (SSSR count). The lowest BCUT2D eigenvalue weighted by Crippen LogP contribution is -2.44. The zero-order chi connectivity index (χ0) is 17.4. The van der Waals surface area contributed by atoms with Crippen LogP contribution >= 0.6 is 0 Å².